The van der Waals surface area contributed by atoms with E-state index in [1.54, 1.807) is 27.7 Å². The molecule has 1 aliphatic rings. The third kappa shape index (κ3) is 29.6. The van der Waals surface area contributed by atoms with Gasteiger partial charge in [-0.05, 0) is 37.5 Å². The Kier molecular flexibility index (Phi) is 29.6. The van der Waals surface area contributed by atoms with Crippen molar-refractivity contribution in [3.63, 3.8) is 0 Å². The van der Waals surface area contributed by atoms with Crippen LogP contribution >= 0.6 is 0 Å². The summed E-state index contributed by atoms with van der Waals surface area (Å²) in [7, 11) is 0. The standard InChI is InChI=1S/C14H27NO.C4H9NO.2C3H7O.Ti/c1-4-8-13(16)15-12-9-7-10-14(5-2,6-3)11-12;1-2-3-4(5)6;2*1-3(2)4;/h12H,4-11H2,1-3H3,(H,15,16);2-3H2,1H3,(H2,5,6);2*3H,1-2H3;/q;;2*-1;+3/p-1. The van der Waals surface area contributed by atoms with Gasteiger partial charge in [-0.1, -0.05) is 81.1 Å². The van der Waals surface area contributed by atoms with Crippen LogP contribution in [0, 0.1) is 5.41 Å². The molecular weight excluding hydrogens is 428 g/mol. The summed E-state index contributed by atoms with van der Waals surface area (Å²) in [5, 5.41) is 22.3. The predicted molar refractivity (Wildman–Crippen MR) is 123 cm³/mol. The van der Waals surface area contributed by atoms with Crippen molar-refractivity contribution in [1.29, 1.82) is 0 Å². The van der Waals surface area contributed by atoms with Gasteiger partial charge in [0.2, 0.25) is 5.91 Å². The fourth-order valence-electron chi connectivity index (χ4n) is 3.22. The van der Waals surface area contributed by atoms with E-state index in [2.05, 4.69) is 26.1 Å². The van der Waals surface area contributed by atoms with Crippen molar-refractivity contribution in [1.82, 2.24) is 5.32 Å². The van der Waals surface area contributed by atoms with Gasteiger partial charge in [0.1, 0.15) is 0 Å². The molecule has 6 nitrogen and oxygen atoms in total. The molecule has 1 atom stereocenters. The van der Waals surface area contributed by atoms with Crippen LogP contribution in [-0.4, -0.2) is 30.1 Å². The van der Waals surface area contributed by atoms with Gasteiger partial charge in [-0.2, -0.15) is 0 Å². The second-order valence-electron chi connectivity index (χ2n) is 8.59. The molecule has 1 radical (unpaired) electrons. The quantitative estimate of drug-likeness (QED) is 0.543. The van der Waals surface area contributed by atoms with E-state index in [-0.39, 0.29) is 27.6 Å². The molecule has 0 aromatic carbocycles. The average molecular weight is 478 g/mol. The minimum atomic E-state index is -0.461. The first-order valence-electron chi connectivity index (χ1n) is 11.7. The zero-order chi connectivity index (χ0) is 24.2. The van der Waals surface area contributed by atoms with E-state index in [4.69, 9.17) is 5.73 Å². The summed E-state index contributed by atoms with van der Waals surface area (Å²) in [5.74, 6) is -0.215. The Balaban J connectivity index is -0.000000201. The summed E-state index contributed by atoms with van der Waals surface area (Å²) in [6.45, 7) is 15.0. The Bertz CT molecular complexity index is 403. The molecule has 2 N–H and O–H groups in total. The van der Waals surface area contributed by atoms with Crippen LogP contribution in [0.5, 0.6) is 0 Å². The van der Waals surface area contributed by atoms with Crippen LogP contribution in [0.1, 0.15) is 120 Å². The van der Waals surface area contributed by atoms with Gasteiger partial charge in [-0.3, -0.25) is 4.79 Å². The van der Waals surface area contributed by atoms with Crippen LogP contribution in [0.15, 0.2) is 0 Å². The van der Waals surface area contributed by atoms with E-state index in [0.29, 0.717) is 24.3 Å². The van der Waals surface area contributed by atoms with Gasteiger partial charge in [0.25, 0.3) is 0 Å². The van der Waals surface area contributed by atoms with E-state index in [1.807, 2.05) is 6.92 Å². The van der Waals surface area contributed by atoms with Gasteiger partial charge in [0, 0.05) is 18.4 Å². The van der Waals surface area contributed by atoms with Crippen molar-refractivity contribution >= 4 is 11.8 Å². The normalized spacial score (nSPS) is 16.3. The molecule has 1 aliphatic carbocycles. The van der Waals surface area contributed by atoms with Crippen LogP contribution in [0.4, 0.5) is 0 Å². The summed E-state index contributed by atoms with van der Waals surface area (Å²) < 4.78 is 0. The molecule has 0 aromatic heterocycles. The minimum absolute atomic E-state index is 0. The fourth-order valence-corrected chi connectivity index (χ4v) is 3.22. The monoisotopic (exact) mass is 477 g/mol. The smallest absolute Gasteiger partial charge is 0.852 e. The van der Waals surface area contributed by atoms with Gasteiger partial charge < -0.3 is 26.1 Å². The minimum Gasteiger partial charge on any atom is -0.852 e. The molecule has 0 heterocycles. The van der Waals surface area contributed by atoms with Gasteiger partial charge in [0.05, 0.1) is 0 Å². The first-order valence-corrected chi connectivity index (χ1v) is 11.7. The van der Waals surface area contributed by atoms with E-state index in [9.17, 15) is 19.8 Å². The molecule has 0 aliphatic heterocycles. The largest absolute Gasteiger partial charge is 3.00 e. The van der Waals surface area contributed by atoms with Crippen molar-refractivity contribution in [3.05, 3.63) is 5.73 Å². The van der Waals surface area contributed by atoms with Crippen LogP contribution in [-0.2, 0) is 31.3 Å². The van der Waals surface area contributed by atoms with Crippen molar-refractivity contribution < 1.29 is 41.5 Å². The molecule has 1 rings (SSSR count). The second-order valence-corrected chi connectivity index (χ2v) is 8.59. The van der Waals surface area contributed by atoms with Crippen LogP contribution < -0.4 is 15.5 Å². The Morgan fingerprint density at radius 2 is 1.39 bits per heavy atom. The summed E-state index contributed by atoms with van der Waals surface area (Å²) in [4.78, 5) is 21.3. The second kappa shape index (κ2) is 24.2. The summed E-state index contributed by atoms with van der Waals surface area (Å²) in [6, 6.07) is 0.438. The summed E-state index contributed by atoms with van der Waals surface area (Å²) in [5.41, 5.74) is 6.84. The Hall–Kier alpha value is -0.426. The molecule has 0 aromatic rings. The number of nitrogens with one attached hydrogen (secondary N) is 2. The van der Waals surface area contributed by atoms with E-state index >= 15 is 0 Å². The third-order valence-electron chi connectivity index (χ3n) is 4.76. The van der Waals surface area contributed by atoms with Crippen molar-refractivity contribution in [2.24, 2.45) is 5.41 Å². The van der Waals surface area contributed by atoms with E-state index in [1.165, 1.54) is 38.5 Å². The molecule has 1 unspecified atom stereocenters. The van der Waals surface area contributed by atoms with Crippen molar-refractivity contribution in [3.8, 4) is 0 Å². The van der Waals surface area contributed by atoms with Crippen LogP contribution in [0.25, 0.3) is 5.73 Å². The molecule has 2 amide bonds. The SMILES string of the molecule is CC(C)[O-].CC(C)[O-].CCCC(=O)NC1CCCC(CC)(CC)C1.CCCC([NH-])=O.[Ti+3]. The Morgan fingerprint density at radius 1 is 0.968 bits per heavy atom. The maximum atomic E-state index is 11.6. The molecule has 31 heavy (non-hydrogen) atoms. The van der Waals surface area contributed by atoms with Crippen LogP contribution in [0.3, 0.4) is 0 Å². The first kappa shape index (κ1) is 37.9. The number of rotatable bonds is 7. The topological polar surface area (TPSA) is 116 Å². The summed E-state index contributed by atoms with van der Waals surface area (Å²) in [6.07, 6.45) is 9.49. The number of hydrogen-bond acceptors (Lipinski definition) is 4. The predicted octanol–water partition coefficient (Wildman–Crippen LogP) is 4.52. The molecule has 0 saturated heterocycles. The molecule has 183 valence electrons. The van der Waals surface area contributed by atoms with E-state index < -0.39 is 18.1 Å². The van der Waals surface area contributed by atoms with Crippen molar-refractivity contribution in [2.45, 2.75) is 138 Å². The van der Waals surface area contributed by atoms with Gasteiger partial charge >= 0.3 is 21.7 Å². The number of hydrogen-bond donors (Lipinski definition) is 1. The molecule has 0 bridgehead atoms. The van der Waals surface area contributed by atoms with Gasteiger partial charge in [-0.15, -0.1) is 12.2 Å². The number of carbonyl (C=O) groups is 2. The summed E-state index contributed by atoms with van der Waals surface area (Å²) >= 11 is 0. The maximum Gasteiger partial charge on any atom is 3.00 e. The first-order chi connectivity index (χ1) is 13.9. The number of amides is 2. The molecular formula is C24H49N2O4Ti. The number of carbonyl (C=O) groups excluding carboxylic acids is 2. The van der Waals surface area contributed by atoms with Gasteiger partial charge in [-0.25, -0.2) is 0 Å². The molecule has 7 heteroatoms. The molecule has 1 saturated carbocycles. The van der Waals surface area contributed by atoms with Crippen molar-refractivity contribution in [2.75, 3.05) is 0 Å². The fraction of sp³-hybridized carbons (Fsp3) is 0.917. The third-order valence-corrected chi connectivity index (χ3v) is 4.76. The Labute approximate surface area is 207 Å². The van der Waals surface area contributed by atoms with Gasteiger partial charge in [0.15, 0.2) is 0 Å². The molecule has 0 spiro atoms. The zero-order valence-electron chi connectivity index (χ0n) is 21.4. The zero-order valence-corrected chi connectivity index (χ0v) is 23.0. The Morgan fingerprint density at radius 3 is 1.68 bits per heavy atom. The molecule has 1 fully saturated rings. The van der Waals surface area contributed by atoms with E-state index in [0.717, 1.165) is 12.8 Å². The van der Waals surface area contributed by atoms with Crippen LogP contribution in [0.2, 0.25) is 0 Å². The maximum absolute atomic E-state index is 11.6. The average Bonchev–Trinajstić information content (AvgIpc) is 2.61.